The maximum absolute atomic E-state index is 12.0. The number of hydrogen-bond acceptors (Lipinski definition) is 4. The highest BCUT2D eigenvalue weighted by Gasteiger charge is 2.22. The third kappa shape index (κ3) is 4.72. The van der Waals surface area contributed by atoms with Crippen molar-refractivity contribution in [2.75, 3.05) is 18.8 Å². The lowest BCUT2D eigenvalue weighted by Crippen LogP contribution is -2.20. The maximum Gasteiger partial charge on any atom is 0.154 e. The highest BCUT2D eigenvalue weighted by molar-refractivity contribution is 7.90. The van der Waals surface area contributed by atoms with E-state index >= 15 is 0 Å². The zero-order valence-corrected chi connectivity index (χ0v) is 12.2. The number of nitrogens with one attached hydrogen (secondary N) is 1. The molecule has 7 heteroatoms. The van der Waals surface area contributed by atoms with E-state index in [0.717, 1.165) is 19.5 Å². The Balaban J connectivity index is 0.00000162. The van der Waals surface area contributed by atoms with E-state index < -0.39 is 9.84 Å². The first-order valence-electron chi connectivity index (χ1n) is 5.57. The fourth-order valence-electron chi connectivity index (χ4n) is 2.02. The van der Waals surface area contributed by atoms with Gasteiger partial charge in [-0.3, -0.25) is 0 Å². The molecule has 1 fully saturated rings. The quantitative estimate of drug-likeness (QED) is 0.860. The van der Waals surface area contributed by atoms with Crippen molar-refractivity contribution in [2.45, 2.75) is 12.2 Å². The van der Waals surface area contributed by atoms with Gasteiger partial charge in [0, 0.05) is 6.20 Å². The van der Waals surface area contributed by atoms with Gasteiger partial charge in [-0.2, -0.15) is 0 Å². The van der Waals surface area contributed by atoms with Crippen LogP contribution >= 0.6 is 24.0 Å². The third-order valence-corrected chi connectivity index (χ3v) is 4.80. The van der Waals surface area contributed by atoms with Crippen LogP contribution in [0.5, 0.6) is 0 Å². The van der Waals surface area contributed by atoms with Gasteiger partial charge in [-0.05, 0) is 37.1 Å². The molecule has 1 aliphatic heterocycles. The normalized spacial score (nSPS) is 19.5. The van der Waals surface area contributed by atoms with Gasteiger partial charge in [0.25, 0.3) is 0 Å². The zero-order chi connectivity index (χ0) is 12.3. The van der Waals surface area contributed by atoms with E-state index in [1.54, 1.807) is 12.1 Å². The van der Waals surface area contributed by atoms with Gasteiger partial charge in [-0.15, -0.1) is 12.4 Å². The van der Waals surface area contributed by atoms with Gasteiger partial charge in [0.15, 0.2) is 9.84 Å². The highest BCUT2D eigenvalue weighted by Crippen LogP contribution is 2.15. The molecule has 1 unspecified atom stereocenters. The van der Waals surface area contributed by atoms with Crippen LogP contribution in [0.25, 0.3) is 0 Å². The standard InChI is InChI=1S/C11H15ClN2O2S.ClH/c12-11-2-1-9(6-14-11)7-17(15,16)8-10-3-4-13-5-10;/h1-2,6,10,13H,3-5,7-8H2;1H. The number of nitrogens with zero attached hydrogens (tertiary/aromatic N) is 1. The van der Waals surface area contributed by atoms with Crippen LogP contribution in [0.1, 0.15) is 12.0 Å². The Morgan fingerprint density at radius 3 is 2.78 bits per heavy atom. The highest BCUT2D eigenvalue weighted by atomic mass is 35.5. The summed E-state index contributed by atoms with van der Waals surface area (Å²) in [7, 11) is -3.05. The minimum atomic E-state index is -3.05. The molecule has 2 heterocycles. The minimum Gasteiger partial charge on any atom is -0.316 e. The van der Waals surface area contributed by atoms with Crippen LogP contribution in [0.4, 0.5) is 0 Å². The molecule has 0 bridgehead atoms. The summed E-state index contributed by atoms with van der Waals surface area (Å²) in [4.78, 5) is 3.88. The summed E-state index contributed by atoms with van der Waals surface area (Å²) >= 11 is 5.65. The topological polar surface area (TPSA) is 59.1 Å². The Labute approximate surface area is 118 Å². The van der Waals surface area contributed by atoms with Crippen molar-refractivity contribution in [3.63, 3.8) is 0 Å². The van der Waals surface area contributed by atoms with E-state index in [1.165, 1.54) is 6.20 Å². The zero-order valence-electron chi connectivity index (χ0n) is 9.80. The molecule has 4 nitrogen and oxygen atoms in total. The predicted octanol–water partition coefficient (Wildman–Crippen LogP) is 1.68. The molecule has 0 saturated carbocycles. The SMILES string of the molecule is Cl.O=S(=O)(Cc1ccc(Cl)nc1)CC1CCNC1. The number of rotatable bonds is 4. The van der Waals surface area contributed by atoms with Crippen LogP contribution < -0.4 is 5.32 Å². The Hall–Kier alpha value is -0.360. The Morgan fingerprint density at radius 2 is 2.22 bits per heavy atom. The third-order valence-electron chi connectivity index (χ3n) is 2.83. The largest absolute Gasteiger partial charge is 0.316 e. The van der Waals surface area contributed by atoms with Crippen LogP contribution in [-0.4, -0.2) is 32.2 Å². The van der Waals surface area contributed by atoms with Crippen LogP contribution in [-0.2, 0) is 15.6 Å². The molecule has 1 N–H and O–H groups in total. The van der Waals surface area contributed by atoms with E-state index in [0.29, 0.717) is 10.7 Å². The summed E-state index contributed by atoms with van der Waals surface area (Å²) in [5.41, 5.74) is 0.695. The molecular weight excluding hydrogens is 295 g/mol. The van der Waals surface area contributed by atoms with Crippen molar-refractivity contribution in [2.24, 2.45) is 5.92 Å². The lowest BCUT2D eigenvalue weighted by Gasteiger charge is -2.09. The number of hydrogen-bond donors (Lipinski definition) is 1. The average molecular weight is 311 g/mol. The summed E-state index contributed by atoms with van der Waals surface area (Å²) < 4.78 is 23.9. The van der Waals surface area contributed by atoms with E-state index in [1.807, 2.05) is 0 Å². The van der Waals surface area contributed by atoms with E-state index in [4.69, 9.17) is 11.6 Å². The second-order valence-electron chi connectivity index (χ2n) is 4.40. The predicted molar refractivity (Wildman–Crippen MR) is 75.0 cm³/mol. The van der Waals surface area contributed by atoms with Crippen molar-refractivity contribution in [1.82, 2.24) is 10.3 Å². The monoisotopic (exact) mass is 310 g/mol. The van der Waals surface area contributed by atoms with Crippen molar-refractivity contribution in [3.05, 3.63) is 29.0 Å². The van der Waals surface area contributed by atoms with Gasteiger partial charge in [-0.25, -0.2) is 13.4 Å². The molecule has 0 amide bonds. The summed E-state index contributed by atoms with van der Waals surface area (Å²) in [6.07, 6.45) is 2.46. The Morgan fingerprint density at radius 1 is 1.44 bits per heavy atom. The number of pyridine rings is 1. The maximum atomic E-state index is 12.0. The first-order valence-corrected chi connectivity index (χ1v) is 7.77. The van der Waals surface area contributed by atoms with E-state index in [2.05, 4.69) is 10.3 Å². The van der Waals surface area contributed by atoms with Gasteiger partial charge in [-0.1, -0.05) is 17.7 Å². The Bertz CT molecular complexity index is 470. The molecule has 0 radical (unpaired) electrons. The first kappa shape index (κ1) is 15.7. The molecule has 102 valence electrons. The Kier molecular flexibility index (Phi) is 5.85. The molecule has 0 aliphatic carbocycles. The minimum absolute atomic E-state index is 0. The fraction of sp³-hybridized carbons (Fsp3) is 0.545. The molecule has 2 rings (SSSR count). The van der Waals surface area contributed by atoms with Gasteiger partial charge < -0.3 is 5.32 Å². The van der Waals surface area contributed by atoms with Crippen LogP contribution in [0.3, 0.4) is 0 Å². The first-order chi connectivity index (χ1) is 8.05. The second kappa shape index (κ2) is 6.70. The molecular formula is C11H16Cl2N2O2S. The summed E-state index contributed by atoms with van der Waals surface area (Å²) in [5, 5.41) is 3.55. The van der Waals surface area contributed by atoms with E-state index in [-0.39, 0.29) is 29.8 Å². The van der Waals surface area contributed by atoms with Crippen LogP contribution in [0.2, 0.25) is 5.15 Å². The van der Waals surface area contributed by atoms with Crippen molar-refractivity contribution < 1.29 is 8.42 Å². The molecule has 1 aliphatic rings. The smallest absolute Gasteiger partial charge is 0.154 e. The molecule has 0 aromatic carbocycles. The van der Waals surface area contributed by atoms with Gasteiger partial charge >= 0.3 is 0 Å². The number of halogens is 2. The van der Waals surface area contributed by atoms with Crippen molar-refractivity contribution in [3.8, 4) is 0 Å². The number of sulfone groups is 1. The lowest BCUT2D eigenvalue weighted by atomic mass is 10.2. The average Bonchev–Trinajstić information content (AvgIpc) is 2.73. The van der Waals surface area contributed by atoms with Gasteiger partial charge in [0.1, 0.15) is 5.15 Å². The molecule has 1 atom stereocenters. The van der Waals surface area contributed by atoms with Gasteiger partial charge in [0.2, 0.25) is 0 Å². The van der Waals surface area contributed by atoms with E-state index in [9.17, 15) is 8.42 Å². The second-order valence-corrected chi connectivity index (χ2v) is 6.90. The number of aromatic nitrogens is 1. The van der Waals surface area contributed by atoms with Crippen LogP contribution in [0, 0.1) is 5.92 Å². The fourth-order valence-corrected chi connectivity index (χ4v) is 3.93. The molecule has 0 spiro atoms. The molecule has 1 saturated heterocycles. The van der Waals surface area contributed by atoms with Gasteiger partial charge in [0.05, 0.1) is 11.5 Å². The van der Waals surface area contributed by atoms with Crippen LogP contribution in [0.15, 0.2) is 18.3 Å². The summed E-state index contributed by atoms with van der Waals surface area (Å²) in [6.45, 7) is 1.72. The molecule has 18 heavy (non-hydrogen) atoms. The van der Waals surface area contributed by atoms with Crippen molar-refractivity contribution >= 4 is 33.8 Å². The summed E-state index contributed by atoms with van der Waals surface area (Å²) in [6, 6.07) is 3.32. The lowest BCUT2D eigenvalue weighted by molar-refractivity contribution is 0.569. The molecule has 1 aromatic rings. The summed E-state index contributed by atoms with van der Waals surface area (Å²) in [5.74, 6) is 0.552. The van der Waals surface area contributed by atoms with Crippen molar-refractivity contribution in [1.29, 1.82) is 0 Å². The molecule has 1 aromatic heterocycles.